The van der Waals surface area contributed by atoms with Gasteiger partial charge in [-0.2, -0.15) is 5.26 Å². The smallest absolute Gasteiger partial charge is 0.194 e. The zero-order chi connectivity index (χ0) is 14.8. The van der Waals surface area contributed by atoms with Crippen LogP contribution in [0.4, 0.5) is 4.39 Å². The van der Waals surface area contributed by atoms with Gasteiger partial charge in [-0.05, 0) is 43.4 Å². The van der Waals surface area contributed by atoms with Crippen LogP contribution in [0, 0.1) is 17.1 Å². The maximum Gasteiger partial charge on any atom is 0.194 e. The third-order valence-corrected chi connectivity index (χ3v) is 5.10. The number of fused-ring (bicyclic) bond motifs is 1. The van der Waals surface area contributed by atoms with Crippen LogP contribution in [0.3, 0.4) is 0 Å². The summed E-state index contributed by atoms with van der Waals surface area (Å²) < 4.78 is 13.8. The van der Waals surface area contributed by atoms with Crippen LogP contribution < -0.4 is 0 Å². The monoisotopic (exact) mass is 299 g/mol. The number of rotatable bonds is 3. The molecule has 0 saturated carbocycles. The Kier molecular flexibility index (Phi) is 3.85. The van der Waals surface area contributed by atoms with Crippen molar-refractivity contribution in [3.8, 4) is 6.07 Å². The summed E-state index contributed by atoms with van der Waals surface area (Å²) in [5.74, 6) is -1.85. The van der Waals surface area contributed by atoms with E-state index in [-0.39, 0.29) is 11.3 Å². The quantitative estimate of drug-likeness (QED) is 0.795. The molecule has 3 rings (SSSR count). The van der Waals surface area contributed by atoms with E-state index in [2.05, 4.69) is 0 Å². The molecule has 0 N–H and O–H groups in total. The molecule has 0 aliphatic heterocycles. The van der Waals surface area contributed by atoms with Gasteiger partial charge in [0.1, 0.15) is 11.7 Å². The molecular formula is C17H14FNOS. The van der Waals surface area contributed by atoms with E-state index in [1.54, 1.807) is 12.1 Å². The molecule has 1 aliphatic carbocycles. The highest BCUT2D eigenvalue weighted by Gasteiger charge is 2.27. The van der Waals surface area contributed by atoms with E-state index in [1.807, 2.05) is 12.1 Å². The van der Waals surface area contributed by atoms with E-state index < -0.39 is 11.7 Å². The number of carbonyl (C=O) groups is 1. The van der Waals surface area contributed by atoms with Crippen molar-refractivity contribution in [3.05, 3.63) is 57.0 Å². The van der Waals surface area contributed by atoms with Gasteiger partial charge in [0.05, 0.1) is 10.9 Å². The lowest BCUT2D eigenvalue weighted by Crippen LogP contribution is -2.11. The van der Waals surface area contributed by atoms with Crippen molar-refractivity contribution in [3.63, 3.8) is 0 Å². The van der Waals surface area contributed by atoms with Crippen molar-refractivity contribution in [2.24, 2.45) is 0 Å². The summed E-state index contributed by atoms with van der Waals surface area (Å²) >= 11 is 1.46. The van der Waals surface area contributed by atoms with Crippen molar-refractivity contribution in [2.45, 2.75) is 31.6 Å². The molecule has 0 radical (unpaired) electrons. The number of hydrogen-bond donors (Lipinski definition) is 0. The number of thiophene rings is 1. The highest BCUT2D eigenvalue weighted by molar-refractivity contribution is 7.14. The molecule has 0 bridgehead atoms. The standard InChI is InChI=1S/C17H14FNOS/c18-14-7-3-2-6-12(14)13(10-19)17(20)16-9-11-5-1-4-8-15(11)21-16/h2-3,6-7,9,13H,1,4-5,8H2. The molecule has 2 aromatic rings. The third kappa shape index (κ3) is 2.62. The topological polar surface area (TPSA) is 40.9 Å². The van der Waals surface area contributed by atoms with Gasteiger partial charge in [-0.1, -0.05) is 18.2 Å². The summed E-state index contributed by atoms with van der Waals surface area (Å²) in [7, 11) is 0. The van der Waals surface area contributed by atoms with Gasteiger partial charge in [0, 0.05) is 10.4 Å². The normalized spacial score (nSPS) is 15.0. The van der Waals surface area contributed by atoms with Gasteiger partial charge in [-0.25, -0.2) is 4.39 Å². The minimum atomic E-state index is -1.06. The predicted molar refractivity (Wildman–Crippen MR) is 80.0 cm³/mol. The predicted octanol–water partition coefficient (Wildman–Crippen LogP) is 4.26. The minimum Gasteiger partial charge on any atom is -0.291 e. The highest BCUT2D eigenvalue weighted by Crippen LogP contribution is 2.33. The van der Waals surface area contributed by atoms with Crippen LogP contribution in [0.15, 0.2) is 30.3 Å². The van der Waals surface area contributed by atoms with E-state index in [9.17, 15) is 14.4 Å². The van der Waals surface area contributed by atoms with E-state index in [4.69, 9.17) is 0 Å². The highest BCUT2D eigenvalue weighted by atomic mass is 32.1. The molecule has 1 heterocycles. The third-order valence-electron chi connectivity index (χ3n) is 3.85. The Morgan fingerprint density at radius 2 is 2.05 bits per heavy atom. The first-order chi connectivity index (χ1) is 10.2. The molecule has 1 unspecified atom stereocenters. The zero-order valence-electron chi connectivity index (χ0n) is 11.4. The summed E-state index contributed by atoms with van der Waals surface area (Å²) in [6, 6.07) is 9.85. The van der Waals surface area contributed by atoms with Crippen molar-refractivity contribution in [1.82, 2.24) is 0 Å². The van der Waals surface area contributed by atoms with Gasteiger partial charge in [0.15, 0.2) is 5.78 Å². The molecule has 1 aliphatic rings. The van der Waals surface area contributed by atoms with Gasteiger partial charge in [0.25, 0.3) is 0 Å². The minimum absolute atomic E-state index is 0.163. The summed E-state index contributed by atoms with van der Waals surface area (Å²) in [6.45, 7) is 0. The van der Waals surface area contributed by atoms with Crippen LogP contribution in [0.2, 0.25) is 0 Å². The number of ketones is 1. The zero-order valence-corrected chi connectivity index (χ0v) is 12.3. The van der Waals surface area contributed by atoms with Crippen molar-refractivity contribution >= 4 is 17.1 Å². The second-order valence-corrected chi connectivity index (χ2v) is 6.35. The summed E-state index contributed by atoms with van der Waals surface area (Å²) in [5, 5.41) is 9.31. The first-order valence-electron chi connectivity index (χ1n) is 7.00. The molecule has 4 heteroatoms. The Morgan fingerprint density at radius 1 is 1.29 bits per heavy atom. The van der Waals surface area contributed by atoms with E-state index in [0.29, 0.717) is 4.88 Å². The van der Waals surface area contributed by atoms with Crippen molar-refractivity contribution in [1.29, 1.82) is 5.26 Å². The van der Waals surface area contributed by atoms with Gasteiger partial charge < -0.3 is 0 Å². The van der Waals surface area contributed by atoms with E-state index in [1.165, 1.54) is 33.9 Å². The molecule has 1 aromatic carbocycles. The average Bonchev–Trinajstić information content (AvgIpc) is 2.93. The number of carbonyl (C=O) groups excluding carboxylic acids is 1. The Morgan fingerprint density at radius 3 is 2.76 bits per heavy atom. The number of benzene rings is 1. The number of nitriles is 1. The molecule has 2 nitrogen and oxygen atoms in total. The lowest BCUT2D eigenvalue weighted by atomic mass is 9.93. The van der Waals surface area contributed by atoms with Gasteiger partial charge in [-0.15, -0.1) is 11.3 Å². The van der Waals surface area contributed by atoms with Gasteiger partial charge >= 0.3 is 0 Å². The van der Waals surface area contributed by atoms with Crippen molar-refractivity contribution in [2.75, 3.05) is 0 Å². The number of Topliss-reactive ketones (excluding diaryl/α,β-unsaturated/α-hetero) is 1. The SMILES string of the molecule is N#CC(C(=O)c1cc2c(s1)CCCC2)c1ccccc1F. The fraction of sp³-hybridized carbons (Fsp3) is 0.294. The number of halogens is 1. The Hall–Kier alpha value is -1.99. The Balaban J connectivity index is 1.95. The number of hydrogen-bond acceptors (Lipinski definition) is 3. The largest absolute Gasteiger partial charge is 0.291 e. The summed E-state index contributed by atoms with van der Waals surface area (Å²) in [5.41, 5.74) is 1.39. The van der Waals surface area contributed by atoms with Crippen LogP contribution in [0.25, 0.3) is 0 Å². The molecule has 0 spiro atoms. The second kappa shape index (κ2) is 5.79. The molecule has 1 atom stereocenters. The summed E-state index contributed by atoms with van der Waals surface area (Å²) in [6.07, 6.45) is 4.29. The first kappa shape index (κ1) is 14.0. The molecule has 1 aromatic heterocycles. The van der Waals surface area contributed by atoms with Crippen LogP contribution >= 0.6 is 11.3 Å². The van der Waals surface area contributed by atoms with Crippen LogP contribution in [0.5, 0.6) is 0 Å². The van der Waals surface area contributed by atoms with Crippen LogP contribution in [-0.2, 0) is 12.8 Å². The lowest BCUT2D eigenvalue weighted by molar-refractivity contribution is 0.0981. The van der Waals surface area contributed by atoms with Crippen molar-refractivity contribution < 1.29 is 9.18 Å². The molecule has 0 fully saturated rings. The maximum absolute atomic E-state index is 13.8. The second-order valence-electron chi connectivity index (χ2n) is 5.21. The molecule has 0 amide bonds. The molecule has 0 saturated heterocycles. The molecule has 106 valence electrons. The molecule has 21 heavy (non-hydrogen) atoms. The van der Waals surface area contributed by atoms with E-state index >= 15 is 0 Å². The van der Waals surface area contributed by atoms with Gasteiger partial charge in [-0.3, -0.25) is 4.79 Å². The van der Waals surface area contributed by atoms with Gasteiger partial charge in [0.2, 0.25) is 0 Å². The summed E-state index contributed by atoms with van der Waals surface area (Å²) in [4.78, 5) is 14.4. The number of aryl methyl sites for hydroxylation is 2. The van der Waals surface area contributed by atoms with Crippen LogP contribution in [0.1, 0.15) is 44.4 Å². The van der Waals surface area contributed by atoms with Crippen LogP contribution in [-0.4, -0.2) is 5.78 Å². The first-order valence-corrected chi connectivity index (χ1v) is 7.82. The Labute approximate surface area is 126 Å². The average molecular weight is 299 g/mol. The fourth-order valence-corrected chi connectivity index (χ4v) is 3.96. The van der Waals surface area contributed by atoms with E-state index in [0.717, 1.165) is 25.7 Å². The Bertz CT molecular complexity index is 705. The lowest BCUT2D eigenvalue weighted by Gasteiger charge is -2.08. The number of nitrogens with zero attached hydrogens (tertiary/aromatic N) is 1. The fourth-order valence-electron chi connectivity index (χ4n) is 2.73. The maximum atomic E-state index is 13.8. The molecular weight excluding hydrogens is 285 g/mol.